The largest absolute Gasteiger partial charge is 0.391 e. The standard InChI is InChI=1S/C20H22FNO2/c1-22-19(24)13-17(15-5-3-2-4-6-15)20(22)18(23)12-9-14-7-10-16(21)11-8-14/h2-8,10-11,17-18,20,23H,9,12-13H2,1H3/t17-,18-,20-/m1/s1. The first-order valence-electron chi connectivity index (χ1n) is 8.29. The van der Waals surface area contributed by atoms with Gasteiger partial charge in [-0.3, -0.25) is 4.79 Å². The Morgan fingerprint density at radius 1 is 1.17 bits per heavy atom. The lowest BCUT2D eigenvalue weighted by Gasteiger charge is -2.30. The second-order valence-electron chi connectivity index (χ2n) is 6.45. The summed E-state index contributed by atoms with van der Waals surface area (Å²) in [6, 6.07) is 16.0. The molecule has 0 aromatic heterocycles. The number of hydrogen-bond acceptors (Lipinski definition) is 2. The summed E-state index contributed by atoms with van der Waals surface area (Å²) in [6.45, 7) is 0. The van der Waals surface area contributed by atoms with Crippen molar-refractivity contribution >= 4 is 5.91 Å². The summed E-state index contributed by atoms with van der Waals surface area (Å²) >= 11 is 0. The van der Waals surface area contributed by atoms with Crippen LogP contribution in [0.5, 0.6) is 0 Å². The highest BCUT2D eigenvalue weighted by atomic mass is 19.1. The van der Waals surface area contributed by atoms with Gasteiger partial charge in [0.05, 0.1) is 12.1 Å². The zero-order valence-corrected chi connectivity index (χ0v) is 13.7. The van der Waals surface area contributed by atoms with E-state index in [9.17, 15) is 14.3 Å². The van der Waals surface area contributed by atoms with E-state index in [1.54, 1.807) is 24.1 Å². The molecule has 0 aliphatic carbocycles. The number of likely N-dealkylation sites (N-methyl/N-ethyl adjacent to an activating group) is 1. The zero-order chi connectivity index (χ0) is 17.1. The van der Waals surface area contributed by atoms with Crippen LogP contribution in [-0.2, 0) is 11.2 Å². The van der Waals surface area contributed by atoms with E-state index in [1.165, 1.54) is 12.1 Å². The van der Waals surface area contributed by atoms with Crippen molar-refractivity contribution in [3.63, 3.8) is 0 Å². The monoisotopic (exact) mass is 327 g/mol. The second-order valence-corrected chi connectivity index (χ2v) is 6.45. The third-order valence-electron chi connectivity index (χ3n) is 4.91. The van der Waals surface area contributed by atoms with Crippen LogP contribution < -0.4 is 0 Å². The first-order valence-corrected chi connectivity index (χ1v) is 8.29. The van der Waals surface area contributed by atoms with Gasteiger partial charge in [-0.2, -0.15) is 0 Å². The lowest BCUT2D eigenvalue weighted by atomic mass is 9.87. The number of nitrogens with zero attached hydrogens (tertiary/aromatic N) is 1. The number of carbonyl (C=O) groups excluding carboxylic acids is 1. The Labute approximate surface area is 141 Å². The van der Waals surface area contributed by atoms with E-state index in [4.69, 9.17) is 0 Å². The van der Waals surface area contributed by atoms with Crippen LogP contribution in [0.15, 0.2) is 54.6 Å². The molecule has 126 valence electrons. The molecule has 3 atom stereocenters. The first kappa shape index (κ1) is 16.7. The van der Waals surface area contributed by atoms with Gasteiger partial charge in [0, 0.05) is 19.4 Å². The number of aryl methyl sites for hydroxylation is 1. The van der Waals surface area contributed by atoms with Crippen molar-refractivity contribution in [1.29, 1.82) is 0 Å². The molecule has 3 nitrogen and oxygen atoms in total. The SMILES string of the molecule is CN1C(=O)C[C@H](c2ccccc2)[C@@H]1[C@H](O)CCc1ccc(F)cc1. The van der Waals surface area contributed by atoms with E-state index in [0.29, 0.717) is 19.3 Å². The van der Waals surface area contributed by atoms with Gasteiger partial charge in [0.2, 0.25) is 5.91 Å². The molecule has 0 unspecified atom stereocenters. The molecule has 1 amide bonds. The number of aliphatic hydroxyl groups excluding tert-OH is 1. The lowest BCUT2D eigenvalue weighted by Crippen LogP contribution is -2.41. The van der Waals surface area contributed by atoms with E-state index in [1.807, 2.05) is 30.3 Å². The molecule has 0 saturated carbocycles. The average molecular weight is 327 g/mol. The molecular weight excluding hydrogens is 305 g/mol. The van der Waals surface area contributed by atoms with Crippen LogP contribution in [0, 0.1) is 5.82 Å². The van der Waals surface area contributed by atoms with E-state index >= 15 is 0 Å². The Kier molecular flexibility index (Phi) is 4.95. The van der Waals surface area contributed by atoms with Gasteiger partial charge >= 0.3 is 0 Å². The molecule has 4 heteroatoms. The van der Waals surface area contributed by atoms with Gasteiger partial charge in [0.1, 0.15) is 5.82 Å². The van der Waals surface area contributed by atoms with Gasteiger partial charge in [0.25, 0.3) is 0 Å². The number of benzene rings is 2. The van der Waals surface area contributed by atoms with Crippen molar-refractivity contribution in [3.8, 4) is 0 Å². The highest BCUT2D eigenvalue weighted by molar-refractivity contribution is 5.80. The predicted molar refractivity (Wildman–Crippen MR) is 91.1 cm³/mol. The fraction of sp³-hybridized carbons (Fsp3) is 0.350. The Balaban J connectivity index is 1.72. The fourth-order valence-corrected chi connectivity index (χ4v) is 3.57. The Bertz CT molecular complexity index is 687. The molecule has 2 aromatic rings. The molecule has 1 aliphatic heterocycles. The minimum Gasteiger partial charge on any atom is -0.391 e. The van der Waals surface area contributed by atoms with Gasteiger partial charge in [-0.25, -0.2) is 4.39 Å². The van der Waals surface area contributed by atoms with Crippen LogP contribution in [0.25, 0.3) is 0 Å². The van der Waals surface area contributed by atoms with Crippen molar-refractivity contribution in [2.75, 3.05) is 7.05 Å². The number of aliphatic hydroxyl groups is 1. The molecule has 1 saturated heterocycles. The first-order chi connectivity index (χ1) is 11.6. The summed E-state index contributed by atoms with van der Waals surface area (Å²) in [5.41, 5.74) is 2.07. The van der Waals surface area contributed by atoms with Crippen LogP contribution in [0.4, 0.5) is 4.39 Å². The molecule has 1 aliphatic rings. The number of amides is 1. The van der Waals surface area contributed by atoms with Crippen molar-refractivity contribution in [3.05, 3.63) is 71.5 Å². The molecule has 2 aromatic carbocycles. The Hall–Kier alpha value is -2.20. The number of hydrogen-bond donors (Lipinski definition) is 1. The summed E-state index contributed by atoms with van der Waals surface area (Å²) in [6.07, 6.45) is 1.01. The molecule has 1 fully saturated rings. The van der Waals surface area contributed by atoms with Crippen molar-refractivity contribution in [2.24, 2.45) is 0 Å². The van der Waals surface area contributed by atoms with Crippen molar-refractivity contribution < 1.29 is 14.3 Å². The minimum atomic E-state index is -0.614. The fourth-order valence-electron chi connectivity index (χ4n) is 3.57. The van der Waals surface area contributed by atoms with Gasteiger partial charge in [-0.05, 0) is 36.1 Å². The van der Waals surface area contributed by atoms with E-state index in [-0.39, 0.29) is 23.7 Å². The predicted octanol–water partition coefficient (Wildman–Crippen LogP) is 3.13. The van der Waals surface area contributed by atoms with Gasteiger partial charge in [-0.1, -0.05) is 42.5 Å². The van der Waals surface area contributed by atoms with Gasteiger partial charge in [0.15, 0.2) is 0 Å². The maximum Gasteiger partial charge on any atom is 0.223 e. The third kappa shape index (κ3) is 3.49. The van der Waals surface area contributed by atoms with Crippen LogP contribution in [0.1, 0.15) is 29.9 Å². The molecule has 0 radical (unpaired) electrons. The summed E-state index contributed by atoms with van der Waals surface area (Å²) in [5.74, 6) is -0.189. The van der Waals surface area contributed by atoms with E-state index < -0.39 is 6.10 Å². The van der Waals surface area contributed by atoms with E-state index in [0.717, 1.165) is 11.1 Å². The molecule has 24 heavy (non-hydrogen) atoms. The Morgan fingerprint density at radius 2 is 1.83 bits per heavy atom. The molecule has 0 bridgehead atoms. The maximum absolute atomic E-state index is 13.0. The van der Waals surface area contributed by atoms with Crippen molar-refractivity contribution in [2.45, 2.75) is 37.3 Å². The van der Waals surface area contributed by atoms with Crippen molar-refractivity contribution in [1.82, 2.24) is 4.90 Å². The molecule has 0 spiro atoms. The van der Waals surface area contributed by atoms with E-state index in [2.05, 4.69) is 0 Å². The molecule has 1 heterocycles. The highest BCUT2D eigenvalue weighted by Gasteiger charge is 2.42. The maximum atomic E-state index is 13.0. The summed E-state index contributed by atoms with van der Waals surface area (Å²) in [5, 5.41) is 10.7. The van der Waals surface area contributed by atoms with Crippen LogP contribution >= 0.6 is 0 Å². The number of likely N-dealkylation sites (tertiary alicyclic amines) is 1. The second kappa shape index (κ2) is 7.14. The minimum absolute atomic E-state index is 0.00641. The summed E-state index contributed by atoms with van der Waals surface area (Å²) in [4.78, 5) is 13.8. The number of rotatable bonds is 5. The quantitative estimate of drug-likeness (QED) is 0.916. The topological polar surface area (TPSA) is 40.5 Å². The molecule has 1 N–H and O–H groups in total. The highest BCUT2D eigenvalue weighted by Crippen LogP contribution is 2.36. The number of carbonyl (C=O) groups is 1. The molecule has 3 rings (SSSR count). The smallest absolute Gasteiger partial charge is 0.223 e. The van der Waals surface area contributed by atoms with Gasteiger partial charge < -0.3 is 10.0 Å². The van der Waals surface area contributed by atoms with Crippen LogP contribution in [0.3, 0.4) is 0 Å². The average Bonchev–Trinajstić information content (AvgIpc) is 2.90. The van der Waals surface area contributed by atoms with Gasteiger partial charge in [-0.15, -0.1) is 0 Å². The summed E-state index contributed by atoms with van der Waals surface area (Å²) in [7, 11) is 1.76. The third-order valence-corrected chi connectivity index (χ3v) is 4.91. The van der Waals surface area contributed by atoms with Crippen LogP contribution in [0.2, 0.25) is 0 Å². The molecular formula is C20H22FNO2. The van der Waals surface area contributed by atoms with Crippen LogP contribution in [-0.4, -0.2) is 35.1 Å². The normalized spacial score (nSPS) is 22.0. The number of halogens is 1. The lowest BCUT2D eigenvalue weighted by molar-refractivity contribution is -0.128. The summed E-state index contributed by atoms with van der Waals surface area (Å²) < 4.78 is 13.0. The zero-order valence-electron chi connectivity index (χ0n) is 13.7. The Morgan fingerprint density at radius 3 is 2.50 bits per heavy atom.